The average molecular weight is 503 g/mol. The van der Waals surface area contributed by atoms with Crippen LogP contribution >= 0.6 is 22.9 Å². The molecule has 3 aliphatic rings. The van der Waals surface area contributed by atoms with E-state index in [0.29, 0.717) is 10.6 Å². The summed E-state index contributed by atoms with van der Waals surface area (Å²) in [5, 5.41) is 10.9. The number of hydrogen-bond acceptors (Lipinski definition) is 7. The number of ketones is 1. The lowest BCUT2D eigenvalue weighted by atomic mass is 9.83. The Bertz CT molecular complexity index is 1080. The molecule has 1 aliphatic carbocycles. The molecule has 8 nitrogen and oxygen atoms in total. The summed E-state index contributed by atoms with van der Waals surface area (Å²) < 4.78 is 5.54. The average Bonchev–Trinajstić information content (AvgIpc) is 3.56. The fourth-order valence-corrected chi connectivity index (χ4v) is 6.42. The number of carbonyl (C=O) groups is 3. The number of likely N-dealkylation sites (tertiary alicyclic amines) is 1. The lowest BCUT2D eigenvalue weighted by molar-refractivity contribution is -0.139. The first-order valence-electron chi connectivity index (χ1n) is 11.7. The van der Waals surface area contributed by atoms with E-state index in [1.54, 1.807) is 11.0 Å². The number of Topliss-reactive ketones (excluding diaryl/α,β-unsaturated/α-hetero) is 1. The Morgan fingerprint density at radius 1 is 1.18 bits per heavy atom. The van der Waals surface area contributed by atoms with Gasteiger partial charge in [0.05, 0.1) is 20.8 Å². The van der Waals surface area contributed by atoms with E-state index in [-0.39, 0.29) is 36.7 Å². The van der Waals surface area contributed by atoms with Crippen LogP contribution in [0.5, 0.6) is 0 Å². The molecule has 2 aromatic heterocycles. The Morgan fingerprint density at radius 2 is 1.97 bits per heavy atom. The van der Waals surface area contributed by atoms with E-state index in [4.69, 9.17) is 16.3 Å². The zero-order valence-corrected chi connectivity index (χ0v) is 20.5. The number of ether oxygens (including phenoxy) is 1. The quantitative estimate of drug-likeness (QED) is 0.631. The number of fused-ring (bicyclic) bond motifs is 1. The van der Waals surface area contributed by atoms with E-state index in [0.717, 1.165) is 42.7 Å². The van der Waals surface area contributed by atoms with Crippen molar-refractivity contribution < 1.29 is 19.1 Å². The molecule has 5 rings (SSSR count). The van der Waals surface area contributed by atoms with Gasteiger partial charge in [-0.25, -0.2) is 0 Å². The molecule has 2 saturated heterocycles. The number of amides is 2. The monoisotopic (exact) mass is 502 g/mol. The van der Waals surface area contributed by atoms with Crippen molar-refractivity contribution in [3.05, 3.63) is 34.8 Å². The summed E-state index contributed by atoms with van der Waals surface area (Å²) in [6, 6.07) is 5.97. The number of aryl methyl sites for hydroxylation is 1. The van der Waals surface area contributed by atoms with E-state index < -0.39 is 23.6 Å². The SMILES string of the molecule is Cc1ccc(-c2ccc(C(=O)NC(C(=O)N3CC(Cl)C4OCC(=O)C43)C3CCCCC3)s2)nn1. The zero-order chi connectivity index (χ0) is 23.8. The van der Waals surface area contributed by atoms with E-state index in [1.165, 1.54) is 11.3 Å². The molecule has 4 atom stereocenters. The molecule has 0 radical (unpaired) electrons. The summed E-state index contributed by atoms with van der Waals surface area (Å²) in [5.41, 5.74) is 1.52. The number of rotatable bonds is 5. The first-order valence-corrected chi connectivity index (χ1v) is 13.0. The molecule has 2 aliphatic heterocycles. The Labute approximate surface area is 207 Å². The lowest BCUT2D eigenvalue weighted by Gasteiger charge is -2.34. The molecule has 1 N–H and O–H groups in total. The fourth-order valence-electron chi connectivity index (χ4n) is 5.19. The maximum absolute atomic E-state index is 13.7. The highest BCUT2D eigenvalue weighted by Gasteiger charge is 2.53. The molecule has 4 heterocycles. The second-order valence-electron chi connectivity index (χ2n) is 9.27. The lowest BCUT2D eigenvalue weighted by Crippen LogP contribution is -2.55. The topological polar surface area (TPSA) is 101 Å². The Morgan fingerprint density at radius 3 is 2.71 bits per heavy atom. The maximum atomic E-state index is 13.7. The summed E-state index contributed by atoms with van der Waals surface area (Å²) in [4.78, 5) is 42.3. The third-order valence-electron chi connectivity index (χ3n) is 6.96. The van der Waals surface area contributed by atoms with E-state index in [9.17, 15) is 14.4 Å². The Hall–Kier alpha value is -2.36. The highest BCUT2D eigenvalue weighted by molar-refractivity contribution is 7.17. The molecule has 0 aromatic carbocycles. The van der Waals surface area contributed by atoms with Crippen molar-refractivity contribution >= 4 is 40.5 Å². The van der Waals surface area contributed by atoms with Gasteiger partial charge in [0, 0.05) is 6.54 Å². The Balaban J connectivity index is 1.36. The van der Waals surface area contributed by atoms with Crippen molar-refractivity contribution in [3.63, 3.8) is 0 Å². The second kappa shape index (κ2) is 9.71. The molecule has 1 saturated carbocycles. The van der Waals surface area contributed by atoms with Gasteiger partial charge in [-0.3, -0.25) is 14.4 Å². The van der Waals surface area contributed by atoms with Gasteiger partial charge in [-0.15, -0.1) is 28.0 Å². The first kappa shape index (κ1) is 23.4. The fraction of sp³-hybridized carbons (Fsp3) is 0.542. The molecule has 34 heavy (non-hydrogen) atoms. The van der Waals surface area contributed by atoms with E-state index >= 15 is 0 Å². The summed E-state index contributed by atoms with van der Waals surface area (Å²) in [6.45, 7) is 2.09. The highest BCUT2D eigenvalue weighted by Crippen LogP contribution is 2.34. The predicted octanol–water partition coefficient (Wildman–Crippen LogP) is 2.98. The number of alkyl halides is 1. The number of carbonyl (C=O) groups excluding carboxylic acids is 3. The van der Waals surface area contributed by atoms with Crippen LogP contribution in [0.1, 0.15) is 47.5 Å². The van der Waals surface area contributed by atoms with Crippen molar-refractivity contribution in [3.8, 4) is 10.6 Å². The number of nitrogens with one attached hydrogen (secondary N) is 1. The third kappa shape index (κ3) is 4.48. The molecule has 3 fully saturated rings. The van der Waals surface area contributed by atoms with Gasteiger partial charge >= 0.3 is 0 Å². The van der Waals surface area contributed by atoms with Crippen LogP contribution in [-0.4, -0.2) is 69.4 Å². The summed E-state index contributed by atoms with van der Waals surface area (Å²) in [7, 11) is 0. The zero-order valence-electron chi connectivity index (χ0n) is 18.9. The normalized spacial score (nSPS) is 25.9. The molecular weight excluding hydrogens is 476 g/mol. The summed E-state index contributed by atoms with van der Waals surface area (Å²) in [5.74, 6) is -0.638. The van der Waals surface area contributed by atoms with Gasteiger partial charge in [-0.1, -0.05) is 19.3 Å². The molecule has 4 unspecified atom stereocenters. The van der Waals surface area contributed by atoms with Crippen LogP contribution in [0.4, 0.5) is 0 Å². The van der Waals surface area contributed by atoms with Crippen LogP contribution in [-0.2, 0) is 14.3 Å². The van der Waals surface area contributed by atoms with Gasteiger partial charge in [0.25, 0.3) is 5.91 Å². The molecule has 2 aromatic rings. The van der Waals surface area contributed by atoms with Gasteiger partial charge in [-0.05, 0) is 49.9 Å². The van der Waals surface area contributed by atoms with Gasteiger partial charge in [0.15, 0.2) is 5.78 Å². The number of hydrogen-bond donors (Lipinski definition) is 1. The number of thiophene rings is 1. The van der Waals surface area contributed by atoms with Crippen molar-refractivity contribution in [1.82, 2.24) is 20.4 Å². The highest BCUT2D eigenvalue weighted by atomic mass is 35.5. The van der Waals surface area contributed by atoms with E-state index in [1.807, 2.05) is 25.1 Å². The number of halogens is 1. The van der Waals surface area contributed by atoms with Gasteiger partial charge in [0.1, 0.15) is 30.5 Å². The van der Waals surface area contributed by atoms with Gasteiger partial charge < -0.3 is 15.0 Å². The minimum Gasteiger partial charge on any atom is -0.366 e. The van der Waals surface area contributed by atoms with Crippen LogP contribution in [0, 0.1) is 12.8 Å². The van der Waals surface area contributed by atoms with E-state index in [2.05, 4.69) is 15.5 Å². The summed E-state index contributed by atoms with van der Waals surface area (Å²) in [6.07, 6.45) is 4.42. The molecule has 0 spiro atoms. The minimum atomic E-state index is -0.700. The van der Waals surface area contributed by atoms with Gasteiger partial charge in [-0.2, -0.15) is 5.10 Å². The number of nitrogens with zero attached hydrogens (tertiary/aromatic N) is 3. The second-order valence-corrected chi connectivity index (χ2v) is 10.9. The number of aromatic nitrogens is 2. The predicted molar refractivity (Wildman–Crippen MR) is 128 cm³/mol. The van der Waals surface area contributed by atoms with Gasteiger partial charge in [0.2, 0.25) is 5.91 Å². The molecular formula is C24H27ClN4O4S. The van der Waals surface area contributed by atoms with Crippen LogP contribution in [0.25, 0.3) is 10.6 Å². The van der Waals surface area contributed by atoms with Crippen molar-refractivity contribution in [2.24, 2.45) is 5.92 Å². The molecule has 10 heteroatoms. The maximum Gasteiger partial charge on any atom is 0.262 e. The molecule has 0 bridgehead atoms. The van der Waals surface area contributed by atoms with Crippen LogP contribution < -0.4 is 5.32 Å². The van der Waals surface area contributed by atoms with Crippen LogP contribution in [0.3, 0.4) is 0 Å². The molecule has 180 valence electrons. The van der Waals surface area contributed by atoms with Crippen LogP contribution in [0.2, 0.25) is 0 Å². The molecule has 2 amide bonds. The standard InChI is InChI=1S/C24H27ClN4O4S/c1-13-7-8-16(28-27-13)18-9-10-19(34-18)23(31)26-20(14-5-3-2-4-6-14)24(32)29-11-15(25)22-21(29)17(30)12-33-22/h7-10,14-15,20-22H,2-6,11-12H2,1H3,(H,26,31). The smallest absolute Gasteiger partial charge is 0.262 e. The van der Waals surface area contributed by atoms with Crippen LogP contribution in [0.15, 0.2) is 24.3 Å². The first-order chi connectivity index (χ1) is 16.4. The van der Waals surface area contributed by atoms with Crippen molar-refractivity contribution in [2.75, 3.05) is 13.2 Å². The Kier molecular flexibility index (Phi) is 6.68. The largest absolute Gasteiger partial charge is 0.366 e. The summed E-state index contributed by atoms with van der Waals surface area (Å²) >= 11 is 7.73. The van der Waals surface area contributed by atoms with Crippen molar-refractivity contribution in [2.45, 2.75) is 62.6 Å². The van der Waals surface area contributed by atoms with Crippen molar-refractivity contribution in [1.29, 1.82) is 0 Å². The minimum absolute atomic E-state index is 0.0251. The third-order valence-corrected chi connectivity index (χ3v) is 8.45.